The minimum absolute atomic E-state index is 0. The monoisotopic (exact) mass is 434 g/mol. The molecule has 4 nitrogen and oxygen atoms in total. The number of nitrogens with zero attached hydrogens (tertiary/aromatic N) is 2. The Morgan fingerprint density at radius 1 is 0.706 bits per heavy atom. The Kier molecular flexibility index (Phi) is 34.7. The van der Waals surface area contributed by atoms with Crippen LogP contribution < -0.4 is 0 Å². The van der Waals surface area contributed by atoms with E-state index in [4.69, 9.17) is 20.0 Å². The molecule has 0 atom stereocenters. The Bertz CT molecular complexity index is 162. The third-order valence-electron chi connectivity index (χ3n) is 1.65. The molecule has 104 valence electrons. The van der Waals surface area contributed by atoms with Crippen LogP contribution >= 0.6 is 0 Å². The minimum Gasteiger partial charge on any atom is -0.696 e. The van der Waals surface area contributed by atoms with Crippen LogP contribution in [0.3, 0.4) is 0 Å². The summed E-state index contributed by atoms with van der Waals surface area (Å²) in [5.74, 6) is 0. The zero-order chi connectivity index (χ0) is 12.5. The quantitative estimate of drug-likeness (QED) is 0.427. The van der Waals surface area contributed by atoms with Gasteiger partial charge in [-0.2, -0.15) is 0 Å². The van der Waals surface area contributed by atoms with Gasteiger partial charge in [0.2, 0.25) is 0 Å². The molecule has 0 aromatic heterocycles. The van der Waals surface area contributed by atoms with Crippen molar-refractivity contribution < 1.29 is 56.4 Å². The van der Waals surface area contributed by atoms with E-state index in [-0.39, 0.29) is 46.9 Å². The van der Waals surface area contributed by atoms with E-state index in [1.54, 1.807) is 0 Å². The summed E-state index contributed by atoms with van der Waals surface area (Å²) < 4.78 is 9.89. The predicted molar refractivity (Wildman–Crippen MR) is 66.1 cm³/mol. The normalized spacial score (nSPS) is 14.9. The van der Waals surface area contributed by atoms with Gasteiger partial charge in [-0.25, -0.2) is 10.5 Å². The fourth-order valence-electron chi connectivity index (χ4n) is 1.02. The summed E-state index contributed by atoms with van der Waals surface area (Å²) in [5.41, 5.74) is 0. The van der Waals surface area contributed by atoms with Gasteiger partial charge >= 0.3 is 46.9 Å². The SMILES string of the molecule is C1CCOC1.C1CCOC1.N#C[S-].N#C[S-].[Yb+2]. The smallest absolute Gasteiger partial charge is 0.696 e. The molecule has 0 bridgehead atoms. The van der Waals surface area contributed by atoms with Crippen molar-refractivity contribution in [2.75, 3.05) is 26.4 Å². The minimum atomic E-state index is 0. The molecule has 0 saturated carbocycles. The molecular formula is C10H16N2O2S2Yb. The second-order valence-corrected chi connectivity index (χ2v) is 3.19. The fraction of sp³-hybridized carbons (Fsp3) is 0.800. The van der Waals surface area contributed by atoms with Gasteiger partial charge in [-0.1, -0.05) is 10.8 Å². The molecular weight excluding hydrogens is 417 g/mol. The van der Waals surface area contributed by atoms with Gasteiger partial charge in [0, 0.05) is 26.4 Å². The molecule has 0 aromatic rings. The van der Waals surface area contributed by atoms with E-state index in [0.29, 0.717) is 0 Å². The van der Waals surface area contributed by atoms with E-state index in [1.165, 1.54) is 36.5 Å². The molecule has 2 fully saturated rings. The summed E-state index contributed by atoms with van der Waals surface area (Å²) in [4.78, 5) is 0. The number of nitriles is 2. The Morgan fingerprint density at radius 2 is 0.882 bits per heavy atom. The van der Waals surface area contributed by atoms with Crippen molar-refractivity contribution in [3.8, 4) is 10.8 Å². The van der Waals surface area contributed by atoms with E-state index in [1.807, 2.05) is 0 Å². The van der Waals surface area contributed by atoms with Crippen LogP contribution in [0.5, 0.6) is 0 Å². The largest absolute Gasteiger partial charge is 2.00 e. The first-order valence-electron chi connectivity index (χ1n) is 5.01. The van der Waals surface area contributed by atoms with E-state index in [9.17, 15) is 0 Å². The van der Waals surface area contributed by atoms with Crippen LogP contribution in [-0.4, -0.2) is 26.4 Å². The van der Waals surface area contributed by atoms with Gasteiger partial charge in [-0.05, 0) is 25.7 Å². The summed E-state index contributed by atoms with van der Waals surface area (Å²) in [6.45, 7) is 4.00. The summed E-state index contributed by atoms with van der Waals surface area (Å²) in [6, 6.07) is 0. The van der Waals surface area contributed by atoms with E-state index >= 15 is 0 Å². The molecule has 2 saturated heterocycles. The molecule has 0 aromatic carbocycles. The van der Waals surface area contributed by atoms with E-state index in [0.717, 1.165) is 26.4 Å². The van der Waals surface area contributed by atoms with Crippen LogP contribution in [0.2, 0.25) is 0 Å². The number of hydrogen-bond acceptors (Lipinski definition) is 6. The molecule has 0 spiro atoms. The first-order valence-corrected chi connectivity index (χ1v) is 5.83. The molecule has 7 heteroatoms. The van der Waals surface area contributed by atoms with Crippen molar-refractivity contribution in [2.24, 2.45) is 0 Å². The molecule has 0 aliphatic carbocycles. The number of thiocyanates is 2. The third kappa shape index (κ3) is 31.6. The van der Waals surface area contributed by atoms with Crippen LogP contribution in [-0.2, 0) is 34.7 Å². The zero-order valence-electron chi connectivity index (χ0n) is 9.45. The average molecular weight is 433 g/mol. The second kappa shape index (κ2) is 25.6. The second-order valence-electron chi connectivity index (χ2n) is 2.82. The summed E-state index contributed by atoms with van der Waals surface area (Å²) in [6.07, 6.45) is 5.11. The average Bonchev–Trinajstić information content (AvgIpc) is 3.00. The van der Waals surface area contributed by atoms with Gasteiger partial charge in [-0.15, -0.1) is 0 Å². The van der Waals surface area contributed by atoms with Crippen molar-refractivity contribution in [3.05, 3.63) is 0 Å². The molecule has 0 N–H and O–H groups in total. The van der Waals surface area contributed by atoms with Crippen molar-refractivity contribution >= 4 is 25.3 Å². The van der Waals surface area contributed by atoms with Crippen molar-refractivity contribution in [1.82, 2.24) is 0 Å². The molecule has 17 heavy (non-hydrogen) atoms. The maximum atomic E-state index is 7.13. The molecule has 2 aliphatic heterocycles. The van der Waals surface area contributed by atoms with Crippen molar-refractivity contribution in [2.45, 2.75) is 25.7 Å². The molecule has 2 heterocycles. The third-order valence-corrected chi connectivity index (χ3v) is 1.65. The molecule has 0 unspecified atom stereocenters. The molecule has 2 aliphatic rings. The van der Waals surface area contributed by atoms with Crippen LogP contribution in [0.4, 0.5) is 0 Å². The van der Waals surface area contributed by atoms with E-state index < -0.39 is 0 Å². The fourth-order valence-corrected chi connectivity index (χ4v) is 1.02. The van der Waals surface area contributed by atoms with Gasteiger partial charge in [0.1, 0.15) is 0 Å². The van der Waals surface area contributed by atoms with Crippen LogP contribution in [0, 0.1) is 68.2 Å². The van der Waals surface area contributed by atoms with Crippen LogP contribution in [0.25, 0.3) is 0 Å². The topological polar surface area (TPSA) is 66.0 Å². The number of rotatable bonds is 0. The summed E-state index contributed by atoms with van der Waals surface area (Å²) in [7, 11) is 0. The first kappa shape index (κ1) is 23.0. The standard InChI is InChI=1S/2C4H8O.2CHNS.Yb/c2*1-2-4-5-3-1;2*2-1-3;/h2*1-4H2;2*3H;/q;;;;+2/p-2. The zero-order valence-corrected chi connectivity index (χ0v) is 12.8. The maximum Gasteiger partial charge on any atom is 2.00 e. The number of hydrogen-bond donors (Lipinski definition) is 0. The Morgan fingerprint density at radius 3 is 0.941 bits per heavy atom. The Labute approximate surface area is 153 Å². The van der Waals surface area contributed by atoms with Gasteiger partial charge in [0.25, 0.3) is 0 Å². The van der Waals surface area contributed by atoms with Gasteiger partial charge in [-0.3, -0.25) is 0 Å². The maximum absolute atomic E-state index is 7.13. The summed E-state index contributed by atoms with van der Waals surface area (Å²) >= 11 is 7.40. The molecule has 0 radical (unpaired) electrons. The Hall–Kier alpha value is 0.859. The van der Waals surface area contributed by atoms with Crippen LogP contribution in [0.1, 0.15) is 25.7 Å². The predicted octanol–water partition coefficient (Wildman–Crippen LogP) is 1.62. The molecule has 2 rings (SSSR count). The van der Waals surface area contributed by atoms with Crippen molar-refractivity contribution in [1.29, 1.82) is 10.5 Å². The van der Waals surface area contributed by atoms with Gasteiger partial charge in [0.05, 0.1) is 0 Å². The van der Waals surface area contributed by atoms with Crippen LogP contribution in [0.15, 0.2) is 0 Å². The van der Waals surface area contributed by atoms with Crippen molar-refractivity contribution in [3.63, 3.8) is 0 Å². The van der Waals surface area contributed by atoms with E-state index in [2.05, 4.69) is 25.3 Å². The van der Waals surface area contributed by atoms with Gasteiger partial charge < -0.3 is 34.7 Å². The Balaban J connectivity index is -0.000000157. The van der Waals surface area contributed by atoms with Gasteiger partial charge in [0.15, 0.2) is 0 Å². The molecule has 0 amide bonds. The summed E-state index contributed by atoms with van der Waals surface area (Å²) in [5, 5.41) is 16.9. The number of ether oxygens (including phenoxy) is 2. The first-order chi connectivity index (χ1) is 7.83.